The Balaban J connectivity index is 0.000000274. The van der Waals surface area contributed by atoms with Crippen molar-refractivity contribution in [3.8, 4) is 0 Å². The maximum atomic E-state index is 11.8. The summed E-state index contributed by atoms with van der Waals surface area (Å²) in [4.78, 5) is 31.6. The number of rotatable bonds is 4. The third kappa shape index (κ3) is 8.85. The summed E-state index contributed by atoms with van der Waals surface area (Å²) in [5.41, 5.74) is 2.07. The summed E-state index contributed by atoms with van der Waals surface area (Å²) < 4.78 is 5.49. The second-order valence-electron chi connectivity index (χ2n) is 6.79. The SMILES string of the molecule is Brc1ccc2nc[nH]c2c1.CCC.CCCC1CCCN1C(=O)CNC(=O)OC. The molecule has 0 aliphatic carbocycles. The largest absolute Gasteiger partial charge is 0.453 e. The molecule has 1 aliphatic rings. The van der Waals surface area contributed by atoms with Crippen LogP contribution in [0.25, 0.3) is 11.0 Å². The molecule has 1 aliphatic heterocycles. The Morgan fingerprint density at radius 3 is 2.72 bits per heavy atom. The first-order chi connectivity index (χ1) is 14.0. The lowest BCUT2D eigenvalue weighted by Gasteiger charge is -2.24. The van der Waals surface area contributed by atoms with E-state index in [0.717, 1.165) is 47.7 Å². The standard InChI is InChI=1S/C11H20N2O3.C7H5BrN2.C3H8/c1-3-5-9-6-4-7-13(9)10(14)8-12-11(15)16-2;8-5-1-2-6-7(3-5)10-4-9-6;1-3-2/h9H,3-8H2,1-2H3,(H,12,15);1-4H,(H,9,10);3H2,1-2H3. The summed E-state index contributed by atoms with van der Waals surface area (Å²) in [5.74, 6) is -0.0126. The van der Waals surface area contributed by atoms with Crippen molar-refractivity contribution in [2.45, 2.75) is 58.9 Å². The van der Waals surface area contributed by atoms with Gasteiger partial charge >= 0.3 is 6.09 Å². The van der Waals surface area contributed by atoms with Gasteiger partial charge in [0.2, 0.25) is 5.91 Å². The number of carbonyl (C=O) groups is 2. The van der Waals surface area contributed by atoms with E-state index < -0.39 is 6.09 Å². The first-order valence-electron chi connectivity index (χ1n) is 10.2. The molecular formula is C21H33BrN4O3. The Morgan fingerprint density at radius 2 is 2.07 bits per heavy atom. The van der Waals surface area contributed by atoms with Crippen molar-refractivity contribution in [1.82, 2.24) is 20.2 Å². The quantitative estimate of drug-likeness (QED) is 0.669. The number of aromatic amines is 1. The molecule has 1 aromatic carbocycles. The molecule has 0 saturated carbocycles. The van der Waals surface area contributed by atoms with Crippen molar-refractivity contribution in [2.75, 3.05) is 20.2 Å². The van der Waals surface area contributed by atoms with E-state index in [1.54, 1.807) is 6.33 Å². The molecule has 8 heteroatoms. The molecule has 1 unspecified atom stereocenters. The Hall–Kier alpha value is -2.09. The fourth-order valence-corrected chi connectivity index (χ4v) is 3.39. The van der Waals surface area contributed by atoms with Crippen molar-refractivity contribution < 1.29 is 14.3 Å². The Morgan fingerprint density at radius 1 is 1.34 bits per heavy atom. The van der Waals surface area contributed by atoms with Gasteiger partial charge in [-0.25, -0.2) is 9.78 Å². The fraction of sp³-hybridized carbons (Fsp3) is 0.571. The minimum atomic E-state index is -0.556. The van der Waals surface area contributed by atoms with E-state index in [1.165, 1.54) is 13.5 Å². The highest BCUT2D eigenvalue weighted by Gasteiger charge is 2.27. The molecular weight excluding hydrogens is 436 g/mol. The molecule has 2 heterocycles. The second-order valence-corrected chi connectivity index (χ2v) is 7.70. The minimum Gasteiger partial charge on any atom is -0.453 e. The van der Waals surface area contributed by atoms with Gasteiger partial charge in [-0.05, 0) is 37.5 Å². The number of benzene rings is 1. The number of ether oxygens (including phenoxy) is 1. The number of aromatic nitrogens is 2. The number of likely N-dealkylation sites (tertiary alicyclic amines) is 1. The summed E-state index contributed by atoms with van der Waals surface area (Å²) in [7, 11) is 1.29. The topological polar surface area (TPSA) is 87.3 Å². The zero-order chi connectivity index (χ0) is 21.6. The first kappa shape index (κ1) is 24.9. The molecule has 1 atom stereocenters. The Labute approximate surface area is 181 Å². The number of methoxy groups -OCH3 is 1. The average Bonchev–Trinajstić information content (AvgIpc) is 3.36. The van der Waals surface area contributed by atoms with Gasteiger partial charge in [0, 0.05) is 17.1 Å². The molecule has 0 spiro atoms. The number of alkyl carbamates (subject to hydrolysis) is 1. The van der Waals surface area contributed by atoms with E-state index in [9.17, 15) is 9.59 Å². The summed E-state index contributed by atoms with van der Waals surface area (Å²) in [6, 6.07) is 6.30. The van der Waals surface area contributed by atoms with E-state index in [4.69, 9.17) is 0 Å². The molecule has 0 bridgehead atoms. The van der Waals surface area contributed by atoms with Crippen LogP contribution in [0.5, 0.6) is 0 Å². The van der Waals surface area contributed by atoms with E-state index in [1.807, 2.05) is 23.1 Å². The van der Waals surface area contributed by atoms with Crippen molar-refractivity contribution in [1.29, 1.82) is 0 Å². The van der Waals surface area contributed by atoms with Gasteiger partial charge in [0.05, 0.1) is 24.5 Å². The third-order valence-corrected chi connectivity index (χ3v) is 4.76. The molecule has 162 valence electrons. The van der Waals surface area contributed by atoms with Crippen LogP contribution >= 0.6 is 15.9 Å². The highest BCUT2D eigenvalue weighted by molar-refractivity contribution is 9.10. The van der Waals surface area contributed by atoms with Gasteiger partial charge < -0.3 is 19.9 Å². The summed E-state index contributed by atoms with van der Waals surface area (Å²) in [5, 5.41) is 2.42. The van der Waals surface area contributed by atoms with Crippen LogP contribution in [0.3, 0.4) is 0 Å². The molecule has 3 rings (SSSR count). The number of nitrogens with zero attached hydrogens (tertiary/aromatic N) is 2. The number of imidazole rings is 1. The normalized spacial score (nSPS) is 15.1. The minimum absolute atomic E-state index is 0.0126. The number of carbonyl (C=O) groups excluding carboxylic acids is 2. The van der Waals surface area contributed by atoms with Gasteiger partial charge in [-0.15, -0.1) is 0 Å². The zero-order valence-electron chi connectivity index (χ0n) is 17.8. The molecule has 2 aromatic rings. The number of H-pyrrole nitrogens is 1. The van der Waals surface area contributed by atoms with Crippen LogP contribution in [0.1, 0.15) is 52.9 Å². The van der Waals surface area contributed by atoms with Gasteiger partial charge in [0.15, 0.2) is 0 Å². The van der Waals surface area contributed by atoms with Gasteiger partial charge in [0.25, 0.3) is 0 Å². The van der Waals surface area contributed by atoms with Gasteiger partial charge in [-0.3, -0.25) is 4.79 Å². The number of hydrogen-bond donors (Lipinski definition) is 2. The number of nitrogens with one attached hydrogen (secondary N) is 2. The van der Waals surface area contributed by atoms with Crippen molar-refractivity contribution >= 4 is 39.0 Å². The summed E-state index contributed by atoms with van der Waals surface area (Å²) in [6.07, 6.45) is 6.66. The van der Waals surface area contributed by atoms with Crippen LogP contribution in [0.15, 0.2) is 29.0 Å². The monoisotopic (exact) mass is 468 g/mol. The van der Waals surface area contributed by atoms with Gasteiger partial charge in [0.1, 0.15) is 6.54 Å². The molecule has 29 heavy (non-hydrogen) atoms. The highest BCUT2D eigenvalue weighted by atomic mass is 79.9. The van der Waals surface area contributed by atoms with Crippen LogP contribution in [-0.4, -0.2) is 53.1 Å². The van der Waals surface area contributed by atoms with Crippen LogP contribution in [-0.2, 0) is 9.53 Å². The van der Waals surface area contributed by atoms with E-state index in [2.05, 4.69) is 56.7 Å². The lowest BCUT2D eigenvalue weighted by Crippen LogP contribution is -2.42. The molecule has 7 nitrogen and oxygen atoms in total. The van der Waals surface area contributed by atoms with Crippen LogP contribution in [0.4, 0.5) is 4.79 Å². The lowest BCUT2D eigenvalue weighted by molar-refractivity contribution is -0.131. The third-order valence-electron chi connectivity index (χ3n) is 4.27. The van der Waals surface area contributed by atoms with Crippen molar-refractivity contribution in [2.24, 2.45) is 0 Å². The van der Waals surface area contributed by atoms with E-state index >= 15 is 0 Å². The molecule has 2 N–H and O–H groups in total. The maximum absolute atomic E-state index is 11.8. The average molecular weight is 469 g/mol. The van der Waals surface area contributed by atoms with Gasteiger partial charge in [-0.2, -0.15) is 0 Å². The number of halogens is 1. The van der Waals surface area contributed by atoms with Gasteiger partial charge in [-0.1, -0.05) is 49.5 Å². The van der Waals surface area contributed by atoms with Crippen molar-refractivity contribution in [3.05, 3.63) is 29.0 Å². The fourth-order valence-electron chi connectivity index (χ4n) is 3.03. The highest BCUT2D eigenvalue weighted by Crippen LogP contribution is 2.21. The van der Waals surface area contributed by atoms with E-state index in [0.29, 0.717) is 6.04 Å². The predicted octanol–water partition coefficient (Wildman–Crippen LogP) is 4.88. The summed E-state index contributed by atoms with van der Waals surface area (Å²) >= 11 is 3.37. The maximum Gasteiger partial charge on any atom is 0.407 e. The summed E-state index contributed by atoms with van der Waals surface area (Å²) in [6.45, 7) is 7.22. The second kappa shape index (κ2) is 14.0. The van der Waals surface area contributed by atoms with Crippen molar-refractivity contribution in [3.63, 3.8) is 0 Å². The molecule has 1 fully saturated rings. The first-order valence-corrected chi connectivity index (χ1v) is 11.0. The molecule has 1 aromatic heterocycles. The zero-order valence-corrected chi connectivity index (χ0v) is 19.4. The Kier molecular flexibility index (Phi) is 12.0. The van der Waals surface area contributed by atoms with Crippen LogP contribution < -0.4 is 5.32 Å². The molecule has 1 saturated heterocycles. The van der Waals surface area contributed by atoms with Crippen LogP contribution in [0, 0.1) is 0 Å². The number of hydrogen-bond acceptors (Lipinski definition) is 4. The Bertz CT molecular complexity index is 750. The molecule has 0 radical (unpaired) electrons. The van der Waals surface area contributed by atoms with E-state index in [-0.39, 0.29) is 12.5 Å². The smallest absolute Gasteiger partial charge is 0.407 e. The molecule has 2 amide bonds. The lowest BCUT2D eigenvalue weighted by atomic mass is 10.1. The predicted molar refractivity (Wildman–Crippen MR) is 120 cm³/mol. The van der Waals surface area contributed by atoms with Crippen LogP contribution in [0.2, 0.25) is 0 Å². The number of amides is 2. The number of fused-ring (bicyclic) bond motifs is 1.